The Morgan fingerprint density at radius 3 is 2.86 bits per heavy atom. The zero-order valence-electron chi connectivity index (χ0n) is 12.0. The number of hydrogen-bond acceptors (Lipinski definition) is 3. The molecule has 1 aromatic rings. The van der Waals surface area contributed by atoms with Gasteiger partial charge in [0.05, 0.1) is 0 Å². The van der Waals surface area contributed by atoms with E-state index in [2.05, 4.69) is 5.32 Å². The van der Waals surface area contributed by atoms with E-state index < -0.39 is 0 Å². The van der Waals surface area contributed by atoms with Crippen LogP contribution in [0.2, 0.25) is 0 Å². The Hall–Kier alpha value is -2.04. The maximum Gasteiger partial charge on any atom is 0.411 e. The molecule has 21 heavy (non-hydrogen) atoms. The highest BCUT2D eigenvalue weighted by atomic mass is 16.6. The molecular formula is C16H20N2O3. The first-order valence-electron chi connectivity index (χ1n) is 7.52. The fourth-order valence-electron chi connectivity index (χ4n) is 3.17. The van der Waals surface area contributed by atoms with Gasteiger partial charge < -0.3 is 10.1 Å². The van der Waals surface area contributed by atoms with Crippen LogP contribution >= 0.6 is 0 Å². The second-order valence-corrected chi connectivity index (χ2v) is 5.63. The third kappa shape index (κ3) is 3.01. The van der Waals surface area contributed by atoms with Crippen molar-refractivity contribution >= 4 is 12.0 Å². The second kappa shape index (κ2) is 6.16. The van der Waals surface area contributed by atoms with Crippen LogP contribution in [0.1, 0.15) is 31.2 Å². The van der Waals surface area contributed by atoms with Gasteiger partial charge in [-0.1, -0.05) is 30.3 Å². The van der Waals surface area contributed by atoms with Gasteiger partial charge in [-0.2, -0.15) is 0 Å². The summed E-state index contributed by atoms with van der Waals surface area (Å²) < 4.78 is 5.41. The smallest absolute Gasteiger partial charge is 0.411 e. The molecule has 5 heteroatoms. The highest BCUT2D eigenvalue weighted by Gasteiger charge is 2.40. The summed E-state index contributed by atoms with van der Waals surface area (Å²) in [6.45, 7) is 0.889. The normalized spacial score (nSPS) is 25.0. The number of nitrogens with zero attached hydrogens (tertiary/aromatic N) is 1. The van der Waals surface area contributed by atoms with Gasteiger partial charge in [0.15, 0.2) is 0 Å². The number of nitrogens with one attached hydrogen (secondary N) is 1. The van der Waals surface area contributed by atoms with Crippen LogP contribution in [0.25, 0.3) is 0 Å². The molecule has 0 saturated carbocycles. The van der Waals surface area contributed by atoms with E-state index in [9.17, 15) is 9.59 Å². The standard InChI is InChI=1S/C16H20N2O3/c19-15-14-8-4-7-13(9-10-17-15)18(14)16(20)21-11-12-5-2-1-3-6-12/h1-3,5-6,13-14H,4,7-11H2,(H,17,19). The number of piperidine rings is 1. The molecule has 0 aromatic heterocycles. The predicted molar refractivity (Wildman–Crippen MR) is 77.5 cm³/mol. The summed E-state index contributed by atoms with van der Waals surface area (Å²) in [5.74, 6) is -0.0474. The molecule has 112 valence electrons. The van der Waals surface area contributed by atoms with Crippen molar-refractivity contribution in [1.82, 2.24) is 10.2 Å². The van der Waals surface area contributed by atoms with E-state index in [0.29, 0.717) is 6.54 Å². The number of amides is 2. The van der Waals surface area contributed by atoms with Crippen LogP contribution in [-0.2, 0) is 16.1 Å². The Morgan fingerprint density at radius 2 is 2.05 bits per heavy atom. The van der Waals surface area contributed by atoms with Gasteiger partial charge in [0, 0.05) is 12.6 Å². The highest BCUT2D eigenvalue weighted by Crippen LogP contribution is 2.28. The average Bonchev–Trinajstić information content (AvgIpc) is 2.61. The Bertz CT molecular complexity index is 518. The lowest BCUT2D eigenvalue weighted by Crippen LogP contribution is -2.53. The van der Waals surface area contributed by atoms with E-state index in [4.69, 9.17) is 4.74 Å². The maximum absolute atomic E-state index is 12.4. The fourth-order valence-corrected chi connectivity index (χ4v) is 3.17. The molecule has 1 aromatic carbocycles. The molecule has 3 rings (SSSR count). The van der Waals surface area contributed by atoms with Crippen LogP contribution < -0.4 is 5.32 Å². The Balaban J connectivity index is 1.68. The number of hydrogen-bond donors (Lipinski definition) is 1. The molecule has 2 aliphatic rings. The molecule has 2 bridgehead atoms. The molecule has 1 N–H and O–H groups in total. The van der Waals surface area contributed by atoms with E-state index in [-0.39, 0.29) is 30.7 Å². The minimum atomic E-state index is -0.370. The van der Waals surface area contributed by atoms with Crippen molar-refractivity contribution in [3.8, 4) is 0 Å². The summed E-state index contributed by atoms with van der Waals surface area (Å²) in [4.78, 5) is 26.1. The van der Waals surface area contributed by atoms with Gasteiger partial charge in [0.1, 0.15) is 12.6 Å². The van der Waals surface area contributed by atoms with E-state index in [1.165, 1.54) is 0 Å². The number of benzene rings is 1. The number of rotatable bonds is 2. The lowest BCUT2D eigenvalue weighted by Gasteiger charge is -2.38. The summed E-state index contributed by atoms with van der Waals surface area (Å²) in [6.07, 6.45) is 3.10. The van der Waals surface area contributed by atoms with Crippen molar-refractivity contribution in [2.45, 2.75) is 44.4 Å². The summed E-state index contributed by atoms with van der Waals surface area (Å²) in [6, 6.07) is 9.34. The van der Waals surface area contributed by atoms with Gasteiger partial charge in [-0.05, 0) is 31.2 Å². The zero-order chi connectivity index (χ0) is 14.7. The van der Waals surface area contributed by atoms with Gasteiger partial charge in [-0.25, -0.2) is 4.79 Å². The number of carbonyl (C=O) groups excluding carboxylic acids is 2. The fraction of sp³-hybridized carbons (Fsp3) is 0.500. The monoisotopic (exact) mass is 288 g/mol. The molecule has 2 saturated heterocycles. The van der Waals surface area contributed by atoms with Crippen LogP contribution in [0.4, 0.5) is 4.79 Å². The van der Waals surface area contributed by atoms with Crippen molar-refractivity contribution in [2.24, 2.45) is 0 Å². The summed E-state index contributed by atoms with van der Waals surface area (Å²) >= 11 is 0. The van der Waals surface area contributed by atoms with Crippen LogP contribution in [0.3, 0.4) is 0 Å². The Labute approximate surface area is 124 Å². The van der Waals surface area contributed by atoms with Crippen LogP contribution in [-0.4, -0.2) is 35.5 Å². The van der Waals surface area contributed by atoms with Crippen molar-refractivity contribution in [3.05, 3.63) is 35.9 Å². The first-order chi connectivity index (χ1) is 10.3. The number of carbonyl (C=O) groups is 2. The third-order valence-electron chi connectivity index (χ3n) is 4.24. The van der Waals surface area contributed by atoms with Gasteiger partial charge in [0.2, 0.25) is 5.91 Å². The third-order valence-corrected chi connectivity index (χ3v) is 4.24. The molecule has 0 spiro atoms. The molecule has 2 unspecified atom stereocenters. The summed E-state index contributed by atoms with van der Waals surface area (Å²) in [7, 11) is 0. The summed E-state index contributed by atoms with van der Waals surface area (Å²) in [5, 5.41) is 2.89. The van der Waals surface area contributed by atoms with E-state index in [1.54, 1.807) is 4.90 Å². The summed E-state index contributed by atoms with van der Waals surface area (Å²) in [5.41, 5.74) is 0.954. The molecule has 0 aliphatic carbocycles. The van der Waals surface area contributed by atoms with Crippen LogP contribution in [0.5, 0.6) is 0 Å². The number of fused-ring (bicyclic) bond motifs is 2. The molecule has 0 radical (unpaired) electrons. The average molecular weight is 288 g/mol. The van der Waals surface area contributed by atoms with E-state index in [1.807, 2.05) is 30.3 Å². The molecule has 2 fully saturated rings. The number of ether oxygens (including phenoxy) is 1. The van der Waals surface area contributed by atoms with Gasteiger partial charge >= 0.3 is 6.09 Å². The zero-order valence-corrected chi connectivity index (χ0v) is 12.0. The molecular weight excluding hydrogens is 268 g/mol. The molecule has 2 atom stereocenters. The van der Waals surface area contributed by atoms with Crippen molar-refractivity contribution in [3.63, 3.8) is 0 Å². The van der Waals surface area contributed by atoms with Gasteiger partial charge in [-0.3, -0.25) is 9.69 Å². The van der Waals surface area contributed by atoms with Crippen molar-refractivity contribution in [1.29, 1.82) is 0 Å². The van der Waals surface area contributed by atoms with E-state index in [0.717, 1.165) is 31.2 Å². The minimum Gasteiger partial charge on any atom is -0.445 e. The van der Waals surface area contributed by atoms with Crippen LogP contribution in [0, 0.1) is 0 Å². The molecule has 5 nitrogen and oxygen atoms in total. The van der Waals surface area contributed by atoms with Gasteiger partial charge in [0.25, 0.3) is 0 Å². The van der Waals surface area contributed by atoms with Crippen molar-refractivity contribution in [2.75, 3.05) is 6.54 Å². The van der Waals surface area contributed by atoms with E-state index >= 15 is 0 Å². The lowest BCUT2D eigenvalue weighted by molar-refractivity contribution is -0.126. The maximum atomic E-state index is 12.4. The first-order valence-corrected chi connectivity index (χ1v) is 7.52. The van der Waals surface area contributed by atoms with Crippen LogP contribution in [0.15, 0.2) is 30.3 Å². The van der Waals surface area contributed by atoms with Crippen molar-refractivity contribution < 1.29 is 14.3 Å². The predicted octanol–water partition coefficient (Wildman–Crippen LogP) is 2.07. The Kier molecular flexibility index (Phi) is 4.08. The minimum absolute atomic E-state index is 0.0474. The molecule has 2 heterocycles. The second-order valence-electron chi connectivity index (χ2n) is 5.63. The highest BCUT2D eigenvalue weighted by molar-refractivity contribution is 5.86. The SMILES string of the molecule is O=C1NCCC2CCCC1N2C(=O)OCc1ccccc1. The molecule has 2 aliphatic heterocycles. The van der Waals surface area contributed by atoms with Gasteiger partial charge in [-0.15, -0.1) is 0 Å². The lowest BCUT2D eigenvalue weighted by atomic mass is 9.95. The Morgan fingerprint density at radius 1 is 1.24 bits per heavy atom. The molecule has 2 amide bonds. The topological polar surface area (TPSA) is 58.6 Å². The largest absolute Gasteiger partial charge is 0.445 e. The quantitative estimate of drug-likeness (QED) is 0.906. The first kappa shape index (κ1) is 13.9.